The Morgan fingerprint density at radius 3 is 2.67 bits per heavy atom. The van der Waals surface area contributed by atoms with Gasteiger partial charge in [0.15, 0.2) is 0 Å². The van der Waals surface area contributed by atoms with Crippen LogP contribution in [0.15, 0.2) is 36.5 Å². The van der Waals surface area contributed by atoms with Crippen molar-refractivity contribution in [2.45, 2.75) is 6.92 Å². The largest absolute Gasteiger partial charge is 0.465 e. The van der Waals surface area contributed by atoms with Gasteiger partial charge in [-0.15, -0.1) is 0 Å². The first-order valence-electron chi connectivity index (χ1n) is 8.90. The molecule has 1 N–H and O–H groups in total. The Morgan fingerprint density at radius 2 is 1.96 bits per heavy atom. The van der Waals surface area contributed by atoms with Crippen molar-refractivity contribution in [1.29, 1.82) is 0 Å². The lowest BCUT2D eigenvalue weighted by Gasteiger charge is -2.33. The number of anilines is 2. The van der Waals surface area contributed by atoms with E-state index in [2.05, 4.69) is 27.1 Å². The highest BCUT2D eigenvalue weighted by Crippen LogP contribution is 2.16. The lowest BCUT2D eigenvalue weighted by Crippen LogP contribution is -2.48. The maximum absolute atomic E-state index is 12.7. The summed E-state index contributed by atoms with van der Waals surface area (Å²) in [5.41, 5.74) is 1.41. The number of benzene rings is 1. The number of hydrogen-bond donors (Lipinski definition) is 1. The number of nitrogens with one attached hydrogen (secondary N) is 1. The van der Waals surface area contributed by atoms with E-state index in [1.54, 1.807) is 36.5 Å². The number of carbonyl (C=O) groups excluding carboxylic acids is 2. The Balaban J connectivity index is 1.70. The van der Waals surface area contributed by atoms with E-state index < -0.39 is 5.97 Å². The van der Waals surface area contributed by atoms with Crippen molar-refractivity contribution >= 4 is 23.5 Å². The molecule has 2 heterocycles. The standard InChI is InChI=1S/C19H23N5O3/c1-3-23-9-11-24(12-10-23)17(25)16-7-8-20-19(22-16)21-15-6-4-5-14(13-15)18(26)27-2/h4-8,13H,3,9-12H2,1-2H3,(H,20,21,22). The second-order valence-electron chi connectivity index (χ2n) is 6.19. The van der Waals surface area contributed by atoms with Gasteiger partial charge in [-0.2, -0.15) is 0 Å². The quantitative estimate of drug-likeness (QED) is 0.804. The van der Waals surface area contributed by atoms with Gasteiger partial charge in [-0.3, -0.25) is 4.79 Å². The molecule has 0 unspecified atom stereocenters. The third-order valence-corrected chi connectivity index (χ3v) is 4.52. The summed E-state index contributed by atoms with van der Waals surface area (Å²) < 4.78 is 4.72. The van der Waals surface area contributed by atoms with Crippen LogP contribution in [0.25, 0.3) is 0 Å². The number of hydrogen-bond acceptors (Lipinski definition) is 7. The number of esters is 1. The topological polar surface area (TPSA) is 87.7 Å². The van der Waals surface area contributed by atoms with Gasteiger partial charge in [0.1, 0.15) is 5.69 Å². The highest BCUT2D eigenvalue weighted by Gasteiger charge is 2.22. The molecule has 1 aliphatic rings. The van der Waals surface area contributed by atoms with Crippen LogP contribution >= 0.6 is 0 Å². The molecule has 0 aliphatic carbocycles. The number of methoxy groups -OCH3 is 1. The fourth-order valence-electron chi connectivity index (χ4n) is 2.94. The molecule has 2 aromatic rings. The van der Waals surface area contributed by atoms with Gasteiger partial charge in [0, 0.05) is 38.1 Å². The Hall–Kier alpha value is -3.00. The van der Waals surface area contributed by atoms with Crippen LogP contribution in [-0.4, -0.2) is 71.5 Å². The zero-order valence-corrected chi connectivity index (χ0v) is 15.5. The lowest BCUT2D eigenvalue weighted by molar-refractivity contribution is 0.0599. The van der Waals surface area contributed by atoms with Gasteiger partial charge < -0.3 is 19.9 Å². The van der Waals surface area contributed by atoms with Gasteiger partial charge in [-0.05, 0) is 30.8 Å². The molecule has 3 rings (SSSR count). The average Bonchev–Trinajstić information content (AvgIpc) is 2.73. The van der Waals surface area contributed by atoms with E-state index >= 15 is 0 Å². The van der Waals surface area contributed by atoms with Gasteiger partial charge in [0.25, 0.3) is 5.91 Å². The second-order valence-corrected chi connectivity index (χ2v) is 6.19. The molecule has 1 aliphatic heterocycles. The van der Waals surface area contributed by atoms with E-state index in [0.717, 1.165) is 19.6 Å². The summed E-state index contributed by atoms with van der Waals surface area (Å²) in [4.78, 5) is 37.0. The number of amides is 1. The molecule has 1 aromatic carbocycles. The zero-order valence-electron chi connectivity index (χ0n) is 15.5. The molecule has 1 saturated heterocycles. The average molecular weight is 369 g/mol. The van der Waals surface area contributed by atoms with Gasteiger partial charge >= 0.3 is 5.97 Å². The molecule has 1 amide bonds. The number of nitrogens with zero attached hydrogens (tertiary/aromatic N) is 4. The maximum Gasteiger partial charge on any atom is 0.337 e. The van der Waals surface area contributed by atoms with Crippen molar-refractivity contribution in [3.63, 3.8) is 0 Å². The van der Waals surface area contributed by atoms with Crippen LogP contribution in [0.1, 0.15) is 27.8 Å². The lowest BCUT2D eigenvalue weighted by atomic mass is 10.2. The third-order valence-electron chi connectivity index (χ3n) is 4.52. The minimum absolute atomic E-state index is 0.0977. The fourth-order valence-corrected chi connectivity index (χ4v) is 2.94. The summed E-state index contributed by atoms with van der Waals surface area (Å²) in [6.45, 7) is 6.25. The minimum Gasteiger partial charge on any atom is -0.465 e. The molecule has 1 fully saturated rings. The summed E-state index contributed by atoms with van der Waals surface area (Å²) in [6, 6.07) is 8.44. The van der Waals surface area contributed by atoms with Crippen molar-refractivity contribution in [3.05, 3.63) is 47.8 Å². The molecule has 0 saturated carbocycles. The van der Waals surface area contributed by atoms with Crippen LogP contribution in [0.5, 0.6) is 0 Å². The molecule has 0 spiro atoms. The summed E-state index contributed by atoms with van der Waals surface area (Å²) in [6.07, 6.45) is 1.55. The highest BCUT2D eigenvalue weighted by atomic mass is 16.5. The van der Waals surface area contributed by atoms with E-state index in [4.69, 9.17) is 4.74 Å². The summed E-state index contributed by atoms with van der Waals surface area (Å²) in [7, 11) is 1.33. The normalized spacial score (nSPS) is 14.7. The van der Waals surface area contributed by atoms with Crippen LogP contribution < -0.4 is 5.32 Å². The van der Waals surface area contributed by atoms with E-state index in [-0.39, 0.29) is 5.91 Å². The van der Waals surface area contributed by atoms with Crippen molar-refractivity contribution in [3.8, 4) is 0 Å². The predicted molar refractivity (Wildman–Crippen MR) is 101 cm³/mol. The van der Waals surface area contributed by atoms with Crippen molar-refractivity contribution in [2.24, 2.45) is 0 Å². The number of carbonyl (C=O) groups is 2. The van der Waals surface area contributed by atoms with E-state index in [0.29, 0.717) is 36.0 Å². The van der Waals surface area contributed by atoms with E-state index in [9.17, 15) is 9.59 Å². The minimum atomic E-state index is -0.422. The monoisotopic (exact) mass is 369 g/mol. The Bertz CT molecular complexity index is 818. The van der Waals surface area contributed by atoms with Gasteiger partial charge in [-0.25, -0.2) is 14.8 Å². The van der Waals surface area contributed by atoms with Crippen molar-refractivity contribution in [1.82, 2.24) is 19.8 Å². The molecule has 142 valence electrons. The van der Waals surface area contributed by atoms with Crippen LogP contribution in [0.3, 0.4) is 0 Å². The van der Waals surface area contributed by atoms with Crippen LogP contribution in [0.4, 0.5) is 11.6 Å². The number of rotatable bonds is 5. The van der Waals surface area contributed by atoms with Crippen LogP contribution in [0.2, 0.25) is 0 Å². The summed E-state index contributed by atoms with van der Waals surface area (Å²) in [5.74, 6) is -0.218. The SMILES string of the molecule is CCN1CCN(C(=O)c2ccnc(Nc3cccc(C(=O)OC)c3)n2)CC1. The molecule has 1 aromatic heterocycles. The molecule has 0 radical (unpaired) electrons. The first-order valence-corrected chi connectivity index (χ1v) is 8.90. The first kappa shape index (κ1) is 18.8. The zero-order chi connectivity index (χ0) is 19.2. The highest BCUT2D eigenvalue weighted by molar-refractivity contribution is 5.93. The number of likely N-dealkylation sites (N-methyl/N-ethyl adjacent to an activating group) is 1. The van der Waals surface area contributed by atoms with Crippen molar-refractivity contribution < 1.29 is 14.3 Å². The molecule has 8 nitrogen and oxygen atoms in total. The smallest absolute Gasteiger partial charge is 0.337 e. The number of aromatic nitrogens is 2. The van der Waals surface area contributed by atoms with E-state index in [1.807, 2.05) is 4.90 Å². The maximum atomic E-state index is 12.7. The summed E-state index contributed by atoms with van der Waals surface area (Å²) in [5, 5.41) is 3.03. The summed E-state index contributed by atoms with van der Waals surface area (Å²) >= 11 is 0. The number of ether oxygens (including phenoxy) is 1. The number of piperazine rings is 1. The molecule has 0 bridgehead atoms. The van der Waals surface area contributed by atoms with Crippen LogP contribution in [0, 0.1) is 0 Å². The van der Waals surface area contributed by atoms with Gasteiger partial charge in [0.05, 0.1) is 12.7 Å². The van der Waals surface area contributed by atoms with Crippen molar-refractivity contribution in [2.75, 3.05) is 45.2 Å². The molecule has 8 heteroatoms. The Morgan fingerprint density at radius 1 is 1.19 bits per heavy atom. The second kappa shape index (κ2) is 8.59. The van der Waals surface area contributed by atoms with Gasteiger partial charge in [-0.1, -0.05) is 13.0 Å². The predicted octanol–water partition coefficient (Wildman–Crippen LogP) is 1.78. The van der Waals surface area contributed by atoms with E-state index in [1.165, 1.54) is 7.11 Å². The molecular formula is C19H23N5O3. The van der Waals surface area contributed by atoms with Gasteiger partial charge in [0.2, 0.25) is 5.95 Å². The Kier molecular flexibility index (Phi) is 5.97. The molecular weight excluding hydrogens is 346 g/mol. The third kappa shape index (κ3) is 4.59. The first-order chi connectivity index (χ1) is 13.1. The molecule has 0 atom stereocenters. The van der Waals surface area contributed by atoms with Crippen LogP contribution in [-0.2, 0) is 4.74 Å². The fraction of sp³-hybridized carbons (Fsp3) is 0.368. The molecule has 27 heavy (non-hydrogen) atoms. The Labute approximate surface area is 158 Å².